The highest BCUT2D eigenvalue weighted by atomic mass is 35.5. The van der Waals surface area contributed by atoms with Gasteiger partial charge in [-0.2, -0.15) is 0 Å². The van der Waals surface area contributed by atoms with Crippen molar-refractivity contribution in [1.82, 2.24) is 0 Å². The fraction of sp³-hybridized carbons (Fsp3) is 0.200. The van der Waals surface area contributed by atoms with Gasteiger partial charge in [-0.05, 0) is 29.7 Å². The van der Waals surface area contributed by atoms with Crippen LogP contribution < -0.4 is 5.32 Å². The van der Waals surface area contributed by atoms with Crippen LogP contribution in [0.4, 0.5) is 5.69 Å². The molecule has 0 aromatic heterocycles. The van der Waals surface area contributed by atoms with Crippen molar-refractivity contribution >= 4 is 28.9 Å². The molecule has 4 heteroatoms. The highest BCUT2D eigenvalue weighted by molar-refractivity contribution is 6.37. The molecule has 0 heterocycles. The van der Waals surface area contributed by atoms with E-state index in [1.165, 1.54) is 11.1 Å². The van der Waals surface area contributed by atoms with Gasteiger partial charge in [0.2, 0.25) is 0 Å². The van der Waals surface area contributed by atoms with Crippen molar-refractivity contribution in [2.75, 3.05) is 5.32 Å². The molecule has 0 amide bonds. The Morgan fingerprint density at radius 3 is 2.21 bits per heavy atom. The Kier molecular flexibility index (Phi) is 4.56. The molecule has 0 saturated carbocycles. The summed E-state index contributed by atoms with van der Waals surface area (Å²) in [4.78, 5) is 0. The van der Waals surface area contributed by atoms with E-state index >= 15 is 0 Å². The summed E-state index contributed by atoms with van der Waals surface area (Å²) in [6, 6.07) is 11.6. The summed E-state index contributed by atoms with van der Waals surface area (Å²) in [5, 5.41) is 13.3. The number of aryl methyl sites for hydroxylation is 1. The third kappa shape index (κ3) is 3.34. The van der Waals surface area contributed by atoms with Crippen LogP contribution in [0.15, 0.2) is 36.4 Å². The van der Waals surface area contributed by atoms with E-state index < -0.39 is 0 Å². The van der Waals surface area contributed by atoms with Gasteiger partial charge < -0.3 is 10.4 Å². The number of halogens is 2. The van der Waals surface area contributed by atoms with Gasteiger partial charge in [0.1, 0.15) is 0 Å². The van der Waals surface area contributed by atoms with Crippen molar-refractivity contribution in [2.24, 2.45) is 0 Å². The smallest absolute Gasteiger partial charge is 0.152 e. The molecule has 0 aliphatic carbocycles. The Labute approximate surface area is 123 Å². The minimum Gasteiger partial charge on any atom is -0.505 e. The molecular formula is C15H15Cl2NO. The molecule has 2 N–H and O–H groups in total. The SMILES string of the molecule is CCc1ccccc1CNc1cc(Cl)c(O)c(Cl)c1. The summed E-state index contributed by atoms with van der Waals surface area (Å²) >= 11 is 11.8. The van der Waals surface area contributed by atoms with Crippen LogP contribution in [0, 0.1) is 0 Å². The Bertz CT molecular complexity index is 561. The van der Waals surface area contributed by atoms with Crippen LogP contribution in [0.1, 0.15) is 18.1 Å². The topological polar surface area (TPSA) is 32.3 Å². The van der Waals surface area contributed by atoms with E-state index in [9.17, 15) is 5.11 Å². The van der Waals surface area contributed by atoms with E-state index in [1.807, 2.05) is 12.1 Å². The van der Waals surface area contributed by atoms with Crippen LogP contribution in [0.3, 0.4) is 0 Å². The predicted octanol–water partition coefficient (Wildman–Crippen LogP) is 4.87. The van der Waals surface area contributed by atoms with Gasteiger partial charge in [0.15, 0.2) is 5.75 Å². The Hall–Kier alpha value is -1.38. The third-order valence-corrected chi connectivity index (χ3v) is 3.58. The van der Waals surface area contributed by atoms with Crippen LogP contribution in [0.5, 0.6) is 5.75 Å². The average molecular weight is 296 g/mol. The zero-order chi connectivity index (χ0) is 13.8. The summed E-state index contributed by atoms with van der Waals surface area (Å²) in [7, 11) is 0. The van der Waals surface area contributed by atoms with E-state index in [0.29, 0.717) is 6.54 Å². The van der Waals surface area contributed by atoms with E-state index in [0.717, 1.165) is 12.1 Å². The monoisotopic (exact) mass is 295 g/mol. The molecular weight excluding hydrogens is 281 g/mol. The van der Waals surface area contributed by atoms with E-state index in [2.05, 4.69) is 24.4 Å². The minimum atomic E-state index is -0.0807. The number of rotatable bonds is 4. The quantitative estimate of drug-likeness (QED) is 0.789. The zero-order valence-corrected chi connectivity index (χ0v) is 12.1. The summed E-state index contributed by atoms with van der Waals surface area (Å²) in [6.45, 7) is 2.83. The normalized spacial score (nSPS) is 10.5. The summed E-state index contributed by atoms with van der Waals surface area (Å²) < 4.78 is 0. The van der Waals surface area contributed by atoms with Crippen LogP contribution in [0.2, 0.25) is 10.0 Å². The first-order valence-corrected chi connectivity index (χ1v) is 6.86. The second kappa shape index (κ2) is 6.18. The standard InChI is InChI=1S/C15H15Cl2NO/c1-2-10-5-3-4-6-11(10)9-18-12-7-13(16)15(19)14(17)8-12/h3-8,18-19H,2,9H2,1H3. The molecule has 100 valence electrons. The van der Waals surface area contributed by atoms with E-state index in [-0.39, 0.29) is 15.8 Å². The van der Waals surface area contributed by atoms with Gasteiger partial charge in [0, 0.05) is 12.2 Å². The molecule has 0 aliphatic rings. The first-order chi connectivity index (χ1) is 9.11. The Balaban J connectivity index is 2.15. The highest BCUT2D eigenvalue weighted by Gasteiger charge is 2.07. The van der Waals surface area contributed by atoms with Crippen molar-refractivity contribution in [1.29, 1.82) is 0 Å². The maximum atomic E-state index is 9.51. The van der Waals surface area contributed by atoms with Gasteiger partial charge in [-0.3, -0.25) is 0 Å². The molecule has 2 rings (SSSR count). The molecule has 0 bridgehead atoms. The lowest BCUT2D eigenvalue weighted by Crippen LogP contribution is -2.02. The zero-order valence-electron chi connectivity index (χ0n) is 10.6. The maximum Gasteiger partial charge on any atom is 0.152 e. The number of nitrogens with one attached hydrogen (secondary N) is 1. The average Bonchev–Trinajstić information content (AvgIpc) is 2.42. The number of hydrogen-bond acceptors (Lipinski definition) is 2. The van der Waals surface area contributed by atoms with Gasteiger partial charge in [-0.25, -0.2) is 0 Å². The fourth-order valence-corrected chi connectivity index (χ4v) is 2.43. The number of anilines is 1. The lowest BCUT2D eigenvalue weighted by molar-refractivity contribution is 0.476. The fourth-order valence-electron chi connectivity index (χ4n) is 1.94. The van der Waals surface area contributed by atoms with Crippen molar-refractivity contribution in [2.45, 2.75) is 19.9 Å². The highest BCUT2D eigenvalue weighted by Crippen LogP contribution is 2.34. The predicted molar refractivity (Wildman–Crippen MR) is 81.3 cm³/mol. The molecule has 2 aromatic rings. The number of hydrogen-bond donors (Lipinski definition) is 2. The van der Waals surface area contributed by atoms with Gasteiger partial charge in [0.25, 0.3) is 0 Å². The molecule has 0 unspecified atom stereocenters. The molecule has 0 atom stereocenters. The first kappa shape index (κ1) is 14.0. The molecule has 0 saturated heterocycles. The Morgan fingerprint density at radius 1 is 1.05 bits per heavy atom. The lowest BCUT2D eigenvalue weighted by atomic mass is 10.1. The van der Waals surface area contributed by atoms with Crippen molar-refractivity contribution < 1.29 is 5.11 Å². The van der Waals surface area contributed by atoms with Crippen LogP contribution in [0.25, 0.3) is 0 Å². The number of benzene rings is 2. The maximum absolute atomic E-state index is 9.51. The molecule has 0 fully saturated rings. The van der Waals surface area contributed by atoms with Gasteiger partial charge in [-0.1, -0.05) is 54.4 Å². The summed E-state index contributed by atoms with van der Waals surface area (Å²) in [6.07, 6.45) is 0.995. The minimum absolute atomic E-state index is 0.0807. The molecule has 0 aliphatic heterocycles. The molecule has 2 nitrogen and oxygen atoms in total. The second-order valence-corrected chi connectivity index (χ2v) is 5.08. The molecule has 2 aromatic carbocycles. The molecule has 19 heavy (non-hydrogen) atoms. The van der Waals surface area contributed by atoms with Gasteiger partial charge >= 0.3 is 0 Å². The van der Waals surface area contributed by atoms with Crippen molar-refractivity contribution in [3.63, 3.8) is 0 Å². The Morgan fingerprint density at radius 2 is 1.63 bits per heavy atom. The van der Waals surface area contributed by atoms with Crippen LogP contribution >= 0.6 is 23.2 Å². The van der Waals surface area contributed by atoms with Gasteiger partial charge in [0.05, 0.1) is 10.0 Å². The van der Waals surface area contributed by atoms with Crippen LogP contribution in [-0.2, 0) is 13.0 Å². The summed E-state index contributed by atoms with van der Waals surface area (Å²) in [5.41, 5.74) is 3.34. The number of aromatic hydroxyl groups is 1. The van der Waals surface area contributed by atoms with E-state index in [4.69, 9.17) is 23.2 Å². The third-order valence-electron chi connectivity index (χ3n) is 3.00. The van der Waals surface area contributed by atoms with Crippen molar-refractivity contribution in [3.05, 3.63) is 57.6 Å². The molecule has 0 radical (unpaired) electrons. The second-order valence-electron chi connectivity index (χ2n) is 4.26. The first-order valence-electron chi connectivity index (χ1n) is 6.10. The number of phenols is 1. The van der Waals surface area contributed by atoms with E-state index in [1.54, 1.807) is 12.1 Å². The van der Waals surface area contributed by atoms with Gasteiger partial charge in [-0.15, -0.1) is 0 Å². The van der Waals surface area contributed by atoms with Crippen molar-refractivity contribution in [3.8, 4) is 5.75 Å². The summed E-state index contributed by atoms with van der Waals surface area (Å²) in [5.74, 6) is -0.0807. The van der Waals surface area contributed by atoms with Crippen LogP contribution in [-0.4, -0.2) is 5.11 Å². The number of phenolic OH excluding ortho intramolecular Hbond substituents is 1. The molecule has 0 spiro atoms. The largest absolute Gasteiger partial charge is 0.505 e. The lowest BCUT2D eigenvalue weighted by Gasteiger charge is -2.11.